The Labute approximate surface area is 155 Å². The Morgan fingerprint density at radius 2 is 2.04 bits per heavy atom. The summed E-state index contributed by atoms with van der Waals surface area (Å²) in [5.74, 6) is 1.09. The van der Waals surface area contributed by atoms with E-state index in [0.717, 1.165) is 0 Å². The molecule has 3 rings (SSSR count). The van der Waals surface area contributed by atoms with E-state index < -0.39 is 0 Å². The molecule has 0 aliphatic heterocycles. The van der Waals surface area contributed by atoms with Crippen LogP contribution in [0, 0.1) is 13.8 Å². The van der Waals surface area contributed by atoms with Crippen molar-refractivity contribution in [2.75, 3.05) is 0 Å². The fourth-order valence-electron chi connectivity index (χ4n) is 2.98. The van der Waals surface area contributed by atoms with E-state index in [1.807, 2.05) is 14.0 Å². The number of aryl methyl sites for hydroxylation is 1. The Morgan fingerprint density at radius 1 is 1.31 bits per heavy atom. The number of thioether (sulfide) groups is 1. The predicted molar refractivity (Wildman–Crippen MR) is 98.6 cm³/mol. The quantitative estimate of drug-likeness (QED) is 0.525. The molecule has 8 heteroatoms. The van der Waals surface area contributed by atoms with Crippen molar-refractivity contribution in [2.45, 2.75) is 38.1 Å². The fraction of sp³-hybridized carbons (Fsp3) is 0.333. The molecule has 136 valence electrons. The number of hydrogen-bond donors (Lipinski definition) is 1. The van der Waals surface area contributed by atoms with Crippen molar-refractivity contribution >= 4 is 23.3 Å². The monoisotopic (exact) mass is 372 g/mol. The van der Waals surface area contributed by atoms with Gasteiger partial charge in [-0.3, -0.25) is 9.59 Å². The van der Waals surface area contributed by atoms with E-state index in [1.165, 1.54) is 18.7 Å². The first-order valence-corrected chi connectivity index (χ1v) is 9.03. The average molecular weight is 372 g/mol. The number of aromatic amines is 1. The zero-order valence-corrected chi connectivity index (χ0v) is 16.1. The normalized spacial score (nSPS) is 12.3. The minimum atomic E-state index is -0.390. The molecule has 0 aliphatic carbocycles. The van der Waals surface area contributed by atoms with Gasteiger partial charge in [0, 0.05) is 18.3 Å². The van der Waals surface area contributed by atoms with E-state index in [9.17, 15) is 9.59 Å². The van der Waals surface area contributed by atoms with Crippen LogP contribution in [0.5, 0.6) is 0 Å². The number of furan rings is 1. The zero-order valence-electron chi connectivity index (χ0n) is 15.3. The number of hydrogen-bond acceptors (Lipinski definition) is 6. The summed E-state index contributed by atoms with van der Waals surface area (Å²) in [4.78, 5) is 27.7. The molecular formula is C18H20N4O3S. The van der Waals surface area contributed by atoms with Crippen molar-refractivity contribution in [3.05, 3.63) is 40.9 Å². The van der Waals surface area contributed by atoms with Crippen LogP contribution in [0.4, 0.5) is 0 Å². The minimum Gasteiger partial charge on any atom is -0.461 e. The standard InChI is InChI=1S/C18H20N4O3S/c1-9-14(11(3)23)10(2)19-15(9)16(24)12(4)26-18-21-20-17(22(18)5)13-7-6-8-25-13/h6-8,12,19H,1-5H3. The van der Waals surface area contributed by atoms with Crippen LogP contribution in [-0.4, -0.2) is 36.6 Å². The van der Waals surface area contributed by atoms with Crippen LogP contribution in [0.2, 0.25) is 0 Å². The van der Waals surface area contributed by atoms with Crippen LogP contribution < -0.4 is 0 Å². The van der Waals surface area contributed by atoms with Gasteiger partial charge in [0.2, 0.25) is 0 Å². The van der Waals surface area contributed by atoms with Gasteiger partial charge in [-0.2, -0.15) is 0 Å². The number of Topliss-reactive ketones (excluding diaryl/α,β-unsaturated/α-hetero) is 2. The Morgan fingerprint density at radius 3 is 2.62 bits per heavy atom. The number of aromatic nitrogens is 4. The van der Waals surface area contributed by atoms with Gasteiger partial charge in [0.15, 0.2) is 28.3 Å². The van der Waals surface area contributed by atoms with Crippen molar-refractivity contribution in [2.24, 2.45) is 7.05 Å². The zero-order chi connectivity index (χ0) is 19.0. The smallest absolute Gasteiger partial charge is 0.200 e. The highest BCUT2D eigenvalue weighted by molar-refractivity contribution is 8.00. The molecule has 0 spiro atoms. The molecule has 26 heavy (non-hydrogen) atoms. The lowest BCUT2D eigenvalue weighted by Crippen LogP contribution is -2.16. The summed E-state index contributed by atoms with van der Waals surface area (Å²) in [6, 6.07) is 3.59. The maximum atomic E-state index is 12.9. The molecule has 0 saturated carbocycles. The van der Waals surface area contributed by atoms with Gasteiger partial charge in [0.25, 0.3) is 0 Å². The predicted octanol–water partition coefficient (Wildman–Crippen LogP) is 3.59. The first-order valence-electron chi connectivity index (χ1n) is 8.15. The Kier molecular flexibility index (Phi) is 4.86. The van der Waals surface area contributed by atoms with Gasteiger partial charge in [-0.1, -0.05) is 11.8 Å². The summed E-state index contributed by atoms with van der Waals surface area (Å²) in [5, 5.41) is 8.52. The number of nitrogens with zero attached hydrogens (tertiary/aromatic N) is 3. The molecule has 0 aliphatic rings. The summed E-state index contributed by atoms with van der Waals surface area (Å²) in [5.41, 5.74) is 2.47. The highest BCUT2D eigenvalue weighted by Crippen LogP contribution is 2.29. The maximum absolute atomic E-state index is 12.9. The van der Waals surface area contributed by atoms with Crippen LogP contribution in [0.1, 0.15) is 46.0 Å². The van der Waals surface area contributed by atoms with E-state index in [1.54, 1.807) is 36.8 Å². The summed E-state index contributed by atoms with van der Waals surface area (Å²) in [7, 11) is 1.83. The van der Waals surface area contributed by atoms with Crippen molar-refractivity contribution in [1.29, 1.82) is 0 Å². The van der Waals surface area contributed by atoms with Crippen LogP contribution in [-0.2, 0) is 7.05 Å². The number of H-pyrrole nitrogens is 1. The first kappa shape index (κ1) is 18.2. The molecule has 3 heterocycles. The van der Waals surface area contributed by atoms with Crippen LogP contribution in [0.3, 0.4) is 0 Å². The number of carbonyl (C=O) groups excluding carboxylic acids is 2. The highest BCUT2D eigenvalue weighted by atomic mass is 32.2. The van der Waals surface area contributed by atoms with E-state index >= 15 is 0 Å². The second kappa shape index (κ2) is 6.95. The average Bonchev–Trinajstić information content (AvgIpc) is 3.28. The van der Waals surface area contributed by atoms with Crippen LogP contribution in [0.25, 0.3) is 11.6 Å². The van der Waals surface area contributed by atoms with Crippen molar-refractivity contribution in [3.8, 4) is 11.6 Å². The lowest BCUT2D eigenvalue weighted by molar-refractivity contribution is 0.0988. The molecule has 0 radical (unpaired) electrons. The summed E-state index contributed by atoms with van der Waals surface area (Å²) < 4.78 is 7.15. The molecule has 0 bridgehead atoms. The van der Waals surface area contributed by atoms with Gasteiger partial charge >= 0.3 is 0 Å². The summed E-state index contributed by atoms with van der Waals surface area (Å²) >= 11 is 1.32. The first-order chi connectivity index (χ1) is 12.3. The SMILES string of the molecule is CC(=O)c1c(C)[nH]c(C(=O)C(C)Sc2nnc(-c3ccco3)n2C)c1C. The third kappa shape index (κ3) is 3.12. The molecule has 7 nitrogen and oxygen atoms in total. The Balaban J connectivity index is 1.83. The van der Waals surface area contributed by atoms with Crippen molar-refractivity contribution in [1.82, 2.24) is 19.7 Å². The topological polar surface area (TPSA) is 93.8 Å². The van der Waals surface area contributed by atoms with E-state index in [-0.39, 0.29) is 16.8 Å². The van der Waals surface area contributed by atoms with Gasteiger partial charge < -0.3 is 14.0 Å². The molecule has 0 aromatic carbocycles. The third-order valence-corrected chi connectivity index (χ3v) is 5.40. The molecule has 0 saturated heterocycles. The number of ketones is 2. The highest BCUT2D eigenvalue weighted by Gasteiger charge is 2.26. The van der Waals surface area contributed by atoms with E-state index in [0.29, 0.717) is 39.3 Å². The lowest BCUT2D eigenvalue weighted by Gasteiger charge is -2.09. The minimum absolute atomic E-state index is 0.0491. The van der Waals surface area contributed by atoms with Crippen LogP contribution >= 0.6 is 11.8 Å². The van der Waals surface area contributed by atoms with Crippen LogP contribution in [0.15, 0.2) is 28.0 Å². The van der Waals surface area contributed by atoms with E-state index in [2.05, 4.69) is 15.2 Å². The molecule has 1 atom stereocenters. The number of rotatable bonds is 6. The van der Waals surface area contributed by atoms with Gasteiger partial charge in [0.1, 0.15) is 0 Å². The third-order valence-electron chi connectivity index (χ3n) is 4.26. The Hall–Kier alpha value is -2.61. The van der Waals surface area contributed by atoms with Crippen molar-refractivity contribution < 1.29 is 14.0 Å². The fourth-order valence-corrected chi connectivity index (χ4v) is 3.85. The molecule has 0 amide bonds. The van der Waals surface area contributed by atoms with Crippen molar-refractivity contribution in [3.63, 3.8) is 0 Å². The number of carbonyl (C=O) groups is 2. The van der Waals surface area contributed by atoms with Gasteiger partial charge in [-0.05, 0) is 45.4 Å². The Bertz CT molecular complexity index is 969. The molecular weight excluding hydrogens is 352 g/mol. The molecule has 3 aromatic rings. The second-order valence-corrected chi connectivity index (χ2v) is 7.46. The largest absolute Gasteiger partial charge is 0.461 e. The molecule has 0 fully saturated rings. The lowest BCUT2D eigenvalue weighted by atomic mass is 10.0. The van der Waals surface area contributed by atoms with Gasteiger partial charge in [-0.25, -0.2) is 0 Å². The molecule has 1 N–H and O–H groups in total. The number of nitrogens with one attached hydrogen (secondary N) is 1. The molecule has 1 unspecified atom stereocenters. The van der Waals surface area contributed by atoms with E-state index in [4.69, 9.17) is 4.42 Å². The second-order valence-electron chi connectivity index (χ2n) is 6.15. The summed E-state index contributed by atoms with van der Waals surface area (Å²) in [6.45, 7) is 6.92. The maximum Gasteiger partial charge on any atom is 0.200 e. The van der Waals surface area contributed by atoms with Gasteiger partial charge in [-0.15, -0.1) is 10.2 Å². The molecule has 3 aromatic heterocycles. The summed E-state index contributed by atoms with van der Waals surface area (Å²) in [6.07, 6.45) is 1.58. The van der Waals surface area contributed by atoms with Gasteiger partial charge in [0.05, 0.1) is 17.2 Å².